The second-order valence-corrected chi connectivity index (χ2v) is 25.9. The molecule has 22 nitrogen and oxygen atoms in total. The van der Waals surface area contributed by atoms with Crippen molar-refractivity contribution in [1.29, 1.82) is 0 Å². The summed E-state index contributed by atoms with van der Waals surface area (Å²) in [5, 5.41) is 130. The molecule has 0 radical (unpaired) electrons. The van der Waals surface area contributed by atoms with Crippen molar-refractivity contribution in [1.82, 2.24) is 0 Å². The summed E-state index contributed by atoms with van der Waals surface area (Å²) >= 11 is 0. The summed E-state index contributed by atoms with van der Waals surface area (Å²) < 4.78 is 46.9. The zero-order valence-electron chi connectivity index (χ0n) is 44.3. The lowest BCUT2D eigenvalue weighted by Crippen LogP contribution is -2.68. The van der Waals surface area contributed by atoms with Crippen LogP contribution in [0.3, 0.4) is 0 Å². The summed E-state index contributed by atoms with van der Waals surface area (Å²) in [7, 11) is 0. The molecule has 0 aromatic carbocycles. The molecule has 12 N–H and O–H groups in total. The van der Waals surface area contributed by atoms with Gasteiger partial charge in [0.25, 0.3) is 0 Å². The van der Waals surface area contributed by atoms with Gasteiger partial charge in [-0.2, -0.15) is 0 Å². The second-order valence-electron chi connectivity index (χ2n) is 25.9. The van der Waals surface area contributed by atoms with Crippen LogP contribution in [0, 0.1) is 50.2 Å². The molecule has 428 valence electrons. The fraction of sp³-hybridized carbons (Fsp3) is 0.925. The molecular weight excluding hydrogens is 989 g/mol. The predicted octanol–water partition coefficient (Wildman–Crippen LogP) is 0.289. The lowest BCUT2D eigenvalue weighted by Gasteiger charge is -2.71. The number of carbonyl (C=O) groups is 2. The molecular formula is C53H84O22. The Morgan fingerprint density at radius 3 is 1.88 bits per heavy atom. The standard InChI is InChI=1S/C53H84O22/c1-22-30(56)32(58)40(74-43-35(61)31(57)25(55)21-68-43)46(69-22)72-38-26(20-54)70-44(36(62)33(38)59)73-39-34(60)37(63)45(75-41(39)42(64)65)71-29-12-13-50(6)27(49(29,4)5)11-14-52(8)28(50)10-9-23-24-19-48(2,3)15-17-53(24,47(66)67)18-16-51(23,52)7/h9,22,24-41,43-46,54-63H,10-21H2,1-8H3,(H,64,65)(H,66,67). The van der Waals surface area contributed by atoms with Crippen LogP contribution in [0.5, 0.6) is 0 Å². The number of carboxylic acids is 2. The molecule has 4 heterocycles. The predicted molar refractivity (Wildman–Crippen MR) is 256 cm³/mol. The number of aliphatic hydroxyl groups is 10. The first-order valence-electron chi connectivity index (χ1n) is 27.1. The van der Waals surface area contributed by atoms with E-state index < -0.39 is 159 Å². The molecule has 0 aromatic rings. The Balaban J connectivity index is 0.871. The third-order valence-corrected chi connectivity index (χ3v) is 21.0. The maximum atomic E-state index is 13.1. The van der Waals surface area contributed by atoms with Crippen LogP contribution in [0.4, 0.5) is 0 Å². The number of hydrogen-bond donors (Lipinski definition) is 12. The fourth-order valence-corrected chi connectivity index (χ4v) is 16.3. The van der Waals surface area contributed by atoms with E-state index >= 15 is 0 Å². The molecule has 0 amide bonds. The maximum absolute atomic E-state index is 13.1. The Labute approximate surface area is 437 Å². The molecule has 0 aromatic heterocycles. The number of rotatable bonds is 11. The fourth-order valence-electron chi connectivity index (χ4n) is 16.3. The zero-order valence-corrected chi connectivity index (χ0v) is 44.3. The van der Waals surface area contributed by atoms with Crippen LogP contribution >= 0.6 is 0 Å². The van der Waals surface area contributed by atoms with Crippen LogP contribution in [-0.4, -0.2) is 209 Å². The average Bonchev–Trinajstić information content (AvgIpc) is 3.36. The van der Waals surface area contributed by atoms with E-state index in [0.717, 1.165) is 44.9 Å². The highest BCUT2D eigenvalue weighted by molar-refractivity contribution is 5.76. The normalized spacial score (nSPS) is 53.5. The summed E-state index contributed by atoms with van der Waals surface area (Å²) in [6.45, 7) is 16.0. The van der Waals surface area contributed by atoms with E-state index in [-0.39, 0.29) is 39.4 Å². The van der Waals surface area contributed by atoms with E-state index in [1.807, 2.05) is 0 Å². The van der Waals surface area contributed by atoms with Gasteiger partial charge in [-0.25, -0.2) is 4.79 Å². The highest BCUT2D eigenvalue weighted by atomic mass is 16.8. The molecule has 75 heavy (non-hydrogen) atoms. The Morgan fingerprint density at radius 1 is 0.627 bits per heavy atom. The quantitative estimate of drug-likeness (QED) is 0.0977. The number of ether oxygens (including phenoxy) is 8. The monoisotopic (exact) mass is 1070 g/mol. The molecule has 8 fully saturated rings. The van der Waals surface area contributed by atoms with Gasteiger partial charge in [0.15, 0.2) is 31.3 Å². The van der Waals surface area contributed by atoms with Crippen molar-refractivity contribution in [2.24, 2.45) is 50.2 Å². The van der Waals surface area contributed by atoms with Crippen molar-refractivity contribution in [2.75, 3.05) is 13.2 Å². The van der Waals surface area contributed by atoms with E-state index in [2.05, 4.69) is 54.5 Å². The van der Waals surface area contributed by atoms with Crippen molar-refractivity contribution in [3.05, 3.63) is 11.6 Å². The number of aliphatic hydroxyl groups excluding tert-OH is 10. The molecule has 9 rings (SSSR count). The Bertz CT molecular complexity index is 2120. The van der Waals surface area contributed by atoms with E-state index in [9.17, 15) is 70.9 Å². The lowest BCUT2D eigenvalue weighted by atomic mass is 9.33. The van der Waals surface area contributed by atoms with E-state index in [1.165, 1.54) is 12.5 Å². The first kappa shape index (κ1) is 57.6. The molecule has 4 saturated carbocycles. The van der Waals surface area contributed by atoms with Gasteiger partial charge in [0.05, 0.1) is 30.8 Å². The van der Waals surface area contributed by atoms with Crippen molar-refractivity contribution in [2.45, 2.75) is 242 Å². The van der Waals surface area contributed by atoms with Gasteiger partial charge in [-0.3, -0.25) is 4.79 Å². The van der Waals surface area contributed by atoms with Gasteiger partial charge in [-0.15, -0.1) is 0 Å². The van der Waals surface area contributed by atoms with Crippen LogP contribution < -0.4 is 0 Å². The highest BCUT2D eigenvalue weighted by Gasteiger charge is 2.70. The third-order valence-electron chi connectivity index (χ3n) is 21.0. The van der Waals surface area contributed by atoms with Gasteiger partial charge in [0, 0.05) is 0 Å². The minimum Gasteiger partial charge on any atom is -0.481 e. The van der Waals surface area contributed by atoms with Crippen molar-refractivity contribution in [3.8, 4) is 0 Å². The molecule has 9 aliphatic rings. The second kappa shape index (κ2) is 20.5. The van der Waals surface area contributed by atoms with E-state index in [1.54, 1.807) is 0 Å². The maximum Gasteiger partial charge on any atom is 0.335 e. The molecule has 5 aliphatic carbocycles. The van der Waals surface area contributed by atoms with Crippen LogP contribution in [0.15, 0.2) is 11.6 Å². The molecule has 27 unspecified atom stereocenters. The van der Waals surface area contributed by atoms with Gasteiger partial charge in [0.2, 0.25) is 0 Å². The van der Waals surface area contributed by atoms with Gasteiger partial charge < -0.3 is 99.2 Å². The van der Waals surface area contributed by atoms with Crippen molar-refractivity contribution < 1.29 is 109 Å². The Morgan fingerprint density at radius 2 is 1.23 bits per heavy atom. The van der Waals surface area contributed by atoms with Gasteiger partial charge in [-0.1, -0.05) is 60.1 Å². The molecule has 22 heteroatoms. The summed E-state index contributed by atoms with van der Waals surface area (Å²) in [6.07, 6.45) is -23.8. The Kier molecular flexibility index (Phi) is 15.8. The molecule has 0 spiro atoms. The number of fused-ring (bicyclic) bond motifs is 7. The van der Waals surface area contributed by atoms with Crippen LogP contribution in [0.2, 0.25) is 0 Å². The number of carboxylic acid groups (broad SMARTS) is 2. The Hall–Kier alpha value is -2.04. The van der Waals surface area contributed by atoms with Crippen LogP contribution in [0.1, 0.15) is 120 Å². The van der Waals surface area contributed by atoms with Crippen LogP contribution in [0.25, 0.3) is 0 Å². The van der Waals surface area contributed by atoms with E-state index in [0.29, 0.717) is 19.3 Å². The lowest BCUT2D eigenvalue weighted by molar-refractivity contribution is -0.390. The minimum atomic E-state index is -2.10. The van der Waals surface area contributed by atoms with Gasteiger partial charge >= 0.3 is 11.9 Å². The smallest absolute Gasteiger partial charge is 0.335 e. The first-order chi connectivity index (χ1) is 35.0. The molecule has 4 aliphatic heterocycles. The highest BCUT2D eigenvalue weighted by Crippen LogP contribution is 2.76. The summed E-state index contributed by atoms with van der Waals surface area (Å²) in [5.74, 6) is -1.89. The average molecular weight is 1070 g/mol. The van der Waals surface area contributed by atoms with Crippen molar-refractivity contribution in [3.63, 3.8) is 0 Å². The minimum absolute atomic E-state index is 0.0138. The number of hydrogen-bond acceptors (Lipinski definition) is 20. The molecule has 27 atom stereocenters. The molecule has 4 saturated heterocycles. The summed E-state index contributed by atoms with van der Waals surface area (Å²) in [5.41, 5.74) is -0.333. The number of aliphatic carboxylic acids is 2. The summed E-state index contributed by atoms with van der Waals surface area (Å²) in [6, 6.07) is 0. The largest absolute Gasteiger partial charge is 0.481 e. The van der Waals surface area contributed by atoms with E-state index in [4.69, 9.17) is 37.9 Å². The van der Waals surface area contributed by atoms with Crippen LogP contribution in [-0.2, 0) is 47.5 Å². The third kappa shape index (κ3) is 9.36. The number of allylic oxidation sites excluding steroid dienone is 2. The topological polar surface area (TPSA) is 351 Å². The molecule has 0 bridgehead atoms. The summed E-state index contributed by atoms with van der Waals surface area (Å²) in [4.78, 5) is 26.1. The van der Waals surface area contributed by atoms with Gasteiger partial charge in [-0.05, 0) is 116 Å². The SMILES string of the molecule is CC1OC(OC2C(CO)OC(OC3C(C(=O)O)OC(OC4CCC5(C)C(CCC6(C)C5CC=C5C7CC(C)(C)CCC7(C(=O)O)CCC56C)C4(C)C)C(O)C3O)C(O)C2O)C(OC2OCC(O)C(O)C2O)C(O)C1O. The van der Waals surface area contributed by atoms with Crippen molar-refractivity contribution >= 4 is 11.9 Å². The zero-order chi connectivity index (χ0) is 54.9. The first-order valence-corrected chi connectivity index (χ1v) is 27.1. The van der Waals surface area contributed by atoms with Gasteiger partial charge in [0.1, 0.15) is 79.4 Å².